The van der Waals surface area contributed by atoms with Crippen molar-refractivity contribution in [3.63, 3.8) is 0 Å². The Bertz CT molecular complexity index is 365. The molecule has 0 heterocycles. The molecule has 0 amide bonds. The Morgan fingerprint density at radius 2 is 1.76 bits per heavy atom. The van der Waals surface area contributed by atoms with Crippen molar-refractivity contribution in [1.29, 1.82) is 0 Å². The maximum atomic E-state index is 6.26. The summed E-state index contributed by atoms with van der Waals surface area (Å²) in [7, 11) is 0. The van der Waals surface area contributed by atoms with E-state index in [1.165, 1.54) is 0 Å². The first kappa shape index (κ1) is 14.9. The highest BCUT2D eigenvalue weighted by molar-refractivity contribution is 14.1. The molecule has 0 saturated carbocycles. The molecule has 0 unspecified atom stereocenters. The lowest BCUT2D eigenvalue weighted by atomic mass is 10.2. The van der Waals surface area contributed by atoms with E-state index in [4.69, 9.17) is 21.1 Å². The molecule has 0 aliphatic carbocycles. The topological polar surface area (TPSA) is 18.5 Å². The molecule has 17 heavy (non-hydrogen) atoms. The van der Waals surface area contributed by atoms with E-state index >= 15 is 0 Å². The molecule has 1 aromatic rings. The van der Waals surface area contributed by atoms with Gasteiger partial charge in [-0.05, 0) is 54.5 Å². The molecule has 0 saturated heterocycles. The van der Waals surface area contributed by atoms with E-state index < -0.39 is 0 Å². The summed E-state index contributed by atoms with van der Waals surface area (Å²) in [5, 5.41) is 0.569. The summed E-state index contributed by atoms with van der Waals surface area (Å²) in [4.78, 5) is 0. The van der Waals surface area contributed by atoms with Crippen molar-refractivity contribution in [3.05, 3.63) is 20.7 Å². The molecule has 0 radical (unpaired) electrons. The van der Waals surface area contributed by atoms with Gasteiger partial charge in [0.2, 0.25) is 0 Å². The van der Waals surface area contributed by atoms with Gasteiger partial charge in [-0.15, -0.1) is 0 Å². The molecular weight excluding hydrogens is 350 g/mol. The zero-order valence-electron chi connectivity index (χ0n) is 10.4. The highest BCUT2D eigenvalue weighted by Crippen LogP contribution is 2.37. The Kier molecular flexibility index (Phi) is 6.41. The average Bonchev–Trinajstić information content (AvgIpc) is 2.31. The molecule has 0 fully saturated rings. The van der Waals surface area contributed by atoms with Crippen molar-refractivity contribution >= 4 is 34.2 Å². The molecule has 96 valence electrons. The normalized spacial score (nSPS) is 10.7. The van der Waals surface area contributed by atoms with Crippen molar-refractivity contribution in [1.82, 2.24) is 0 Å². The highest BCUT2D eigenvalue weighted by atomic mass is 127. The summed E-state index contributed by atoms with van der Waals surface area (Å²) in [6.45, 7) is 6.76. The largest absolute Gasteiger partial charge is 0.492 e. The first-order chi connectivity index (χ1) is 8.12. The Balaban J connectivity index is 2.98. The second kappa shape index (κ2) is 7.31. The van der Waals surface area contributed by atoms with Crippen LogP contribution in [0, 0.1) is 3.57 Å². The van der Waals surface area contributed by atoms with Crippen LogP contribution in [0.15, 0.2) is 12.1 Å². The summed E-state index contributed by atoms with van der Waals surface area (Å²) >= 11 is 8.50. The first-order valence-electron chi connectivity index (χ1n) is 5.90. The number of hydrogen-bond donors (Lipinski definition) is 0. The zero-order valence-corrected chi connectivity index (χ0v) is 13.3. The van der Waals surface area contributed by atoms with Gasteiger partial charge in [0.15, 0.2) is 0 Å². The summed E-state index contributed by atoms with van der Waals surface area (Å²) in [5.41, 5.74) is 0. The standard InChI is InChI=1S/C13H18ClIO2/c1-4-10(5-2)17-12-8-9(15)7-11(13(12)14)16-6-3/h7-8,10H,4-6H2,1-3H3. The number of hydrogen-bond acceptors (Lipinski definition) is 2. The minimum atomic E-state index is 0.208. The summed E-state index contributed by atoms with van der Waals surface area (Å²) in [5.74, 6) is 1.41. The van der Waals surface area contributed by atoms with Crippen LogP contribution in [0.1, 0.15) is 33.6 Å². The van der Waals surface area contributed by atoms with Gasteiger partial charge in [0.1, 0.15) is 16.5 Å². The molecule has 0 spiro atoms. The van der Waals surface area contributed by atoms with E-state index in [2.05, 4.69) is 36.4 Å². The molecule has 1 rings (SSSR count). The van der Waals surface area contributed by atoms with Crippen molar-refractivity contribution < 1.29 is 9.47 Å². The van der Waals surface area contributed by atoms with Gasteiger partial charge in [-0.3, -0.25) is 0 Å². The summed E-state index contributed by atoms with van der Waals surface area (Å²) < 4.78 is 12.5. The number of ether oxygens (including phenoxy) is 2. The van der Waals surface area contributed by atoms with Crippen molar-refractivity contribution in [2.24, 2.45) is 0 Å². The van der Waals surface area contributed by atoms with Gasteiger partial charge >= 0.3 is 0 Å². The third-order valence-corrected chi connectivity index (χ3v) is 3.47. The molecule has 4 heteroatoms. The second-order valence-corrected chi connectivity index (χ2v) is 5.33. The van der Waals surface area contributed by atoms with E-state index in [9.17, 15) is 0 Å². The first-order valence-corrected chi connectivity index (χ1v) is 7.36. The van der Waals surface area contributed by atoms with Crippen LogP contribution in [-0.2, 0) is 0 Å². The van der Waals surface area contributed by atoms with Gasteiger partial charge in [-0.1, -0.05) is 25.4 Å². The van der Waals surface area contributed by atoms with Crippen LogP contribution in [0.3, 0.4) is 0 Å². The van der Waals surface area contributed by atoms with Crippen LogP contribution in [0.25, 0.3) is 0 Å². The fraction of sp³-hybridized carbons (Fsp3) is 0.538. The predicted molar refractivity (Wildman–Crippen MR) is 80.3 cm³/mol. The van der Waals surface area contributed by atoms with Crippen LogP contribution in [0.5, 0.6) is 11.5 Å². The van der Waals surface area contributed by atoms with E-state index in [1.807, 2.05) is 19.1 Å². The van der Waals surface area contributed by atoms with Crippen molar-refractivity contribution in [2.75, 3.05) is 6.61 Å². The number of rotatable bonds is 6. The molecule has 0 N–H and O–H groups in total. The lowest BCUT2D eigenvalue weighted by Crippen LogP contribution is -2.14. The quantitative estimate of drug-likeness (QED) is 0.664. The second-order valence-electron chi connectivity index (χ2n) is 3.71. The smallest absolute Gasteiger partial charge is 0.143 e. The Morgan fingerprint density at radius 1 is 1.18 bits per heavy atom. The maximum absolute atomic E-state index is 6.26. The van der Waals surface area contributed by atoms with Crippen molar-refractivity contribution in [2.45, 2.75) is 39.7 Å². The van der Waals surface area contributed by atoms with Crippen LogP contribution in [0.4, 0.5) is 0 Å². The molecule has 0 atom stereocenters. The predicted octanol–water partition coefficient (Wildman–Crippen LogP) is 4.91. The van der Waals surface area contributed by atoms with Gasteiger partial charge in [-0.25, -0.2) is 0 Å². The Hall–Kier alpha value is -0.160. The zero-order chi connectivity index (χ0) is 12.8. The lowest BCUT2D eigenvalue weighted by Gasteiger charge is -2.18. The third kappa shape index (κ3) is 4.21. The molecule has 0 aliphatic heterocycles. The van der Waals surface area contributed by atoms with Crippen LogP contribution < -0.4 is 9.47 Å². The van der Waals surface area contributed by atoms with E-state index in [0.717, 1.165) is 22.2 Å². The third-order valence-electron chi connectivity index (χ3n) is 2.47. The molecule has 0 bridgehead atoms. The Labute approximate surface area is 122 Å². The number of benzene rings is 1. The Morgan fingerprint density at radius 3 is 2.29 bits per heavy atom. The lowest BCUT2D eigenvalue weighted by molar-refractivity contribution is 0.192. The molecular formula is C13H18ClIO2. The minimum absolute atomic E-state index is 0.208. The fourth-order valence-electron chi connectivity index (χ4n) is 1.52. The van der Waals surface area contributed by atoms with Gasteiger partial charge in [0.25, 0.3) is 0 Å². The van der Waals surface area contributed by atoms with Gasteiger partial charge in [0.05, 0.1) is 12.7 Å². The highest BCUT2D eigenvalue weighted by Gasteiger charge is 2.13. The van der Waals surface area contributed by atoms with Crippen LogP contribution in [0.2, 0.25) is 5.02 Å². The minimum Gasteiger partial charge on any atom is -0.492 e. The van der Waals surface area contributed by atoms with Crippen molar-refractivity contribution in [3.8, 4) is 11.5 Å². The van der Waals surface area contributed by atoms with Crippen LogP contribution >= 0.6 is 34.2 Å². The van der Waals surface area contributed by atoms with Gasteiger partial charge in [-0.2, -0.15) is 0 Å². The van der Waals surface area contributed by atoms with Gasteiger partial charge in [0, 0.05) is 3.57 Å². The fourth-order valence-corrected chi connectivity index (χ4v) is 2.30. The summed E-state index contributed by atoms with van der Waals surface area (Å²) in [6.07, 6.45) is 2.16. The van der Waals surface area contributed by atoms with Crippen LogP contribution in [-0.4, -0.2) is 12.7 Å². The molecule has 2 nitrogen and oxygen atoms in total. The van der Waals surface area contributed by atoms with E-state index in [0.29, 0.717) is 17.4 Å². The molecule has 0 aliphatic rings. The monoisotopic (exact) mass is 368 g/mol. The van der Waals surface area contributed by atoms with E-state index in [-0.39, 0.29) is 6.10 Å². The van der Waals surface area contributed by atoms with Gasteiger partial charge < -0.3 is 9.47 Å². The average molecular weight is 369 g/mol. The SMILES string of the molecule is CCOc1cc(I)cc(OC(CC)CC)c1Cl. The molecule has 0 aromatic heterocycles. The maximum Gasteiger partial charge on any atom is 0.143 e. The number of halogens is 2. The van der Waals surface area contributed by atoms with E-state index in [1.54, 1.807) is 0 Å². The molecule has 1 aromatic carbocycles. The summed E-state index contributed by atoms with van der Waals surface area (Å²) in [6, 6.07) is 3.87.